The van der Waals surface area contributed by atoms with Crippen molar-refractivity contribution in [3.05, 3.63) is 0 Å². The van der Waals surface area contributed by atoms with Crippen LogP contribution in [0.3, 0.4) is 0 Å². The van der Waals surface area contributed by atoms with Crippen LogP contribution in [0.5, 0.6) is 0 Å². The van der Waals surface area contributed by atoms with Crippen LogP contribution in [0.2, 0.25) is 0 Å². The predicted octanol–water partition coefficient (Wildman–Crippen LogP) is 3.67. The molecule has 0 saturated carbocycles. The van der Waals surface area contributed by atoms with Crippen molar-refractivity contribution in [2.24, 2.45) is 5.92 Å². The molecule has 6 atom stereocenters. The van der Waals surface area contributed by atoms with Crippen molar-refractivity contribution >= 4 is 5.97 Å². The summed E-state index contributed by atoms with van der Waals surface area (Å²) in [6, 6.07) is 1.07. The molecule has 2 unspecified atom stereocenters. The molecule has 3 rings (SSSR count). The number of rotatable bonds is 9. The molecule has 3 fully saturated rings. The van der Waals surface area contributed by atoms with Gasteiger partial charge in [-0.15, -0.1) is 0 Å². The van der Waals surface area contributed by atoms with Gasteiger partial charge >= 0.3 is 5.97 Å². The Bertz CT molecular complexity index is 428. The number of piperidine rings is 1. The van der Waals surface area contributed by atoms with Crippen molar-refractivity contribution in [2.75, 3.05) is 13.6 Å². The summed E-state index contributed by atoms with van der Waals surface area (Å²) in [4.78, 5) is 12.6. The van der Waals surface area contributed by atoms with Gasteiger partial charge in [0, 0.05) is 12.8 Å². The number of hydrogen-bond acceptors (Lipinski definition) is 3. The third-order valence-electron chi connectivity index (χ3n) is 6.73. The lowest BCUT2D eigenvalue weighted by atomic mass is 9.94. The Morgan fingerprint density at radius 1 is 1.08 bits per heavy atom. The quantitative estimate of drug-likeness (QED) is 0.366. The molecule has 0 radical (unpaired) electrons. The van der Waals surface area contributed by atoms with E-state index in [0.717, 1.165) is 43.0 Å². The van der Waals surface area contributed by atoms with Crippen molar-refractivity contribution in [1.82, 2.24) is 0 Å². The molecule has 3 saturated heterocycles. The highest BCUT2D eigenvalue weighted by Crippen LogP contribution is 2.52. The van der Waals surface area contributed by atoms with Crippen LogP contribution in [-0.4, -0.2) is 54.4 Å². The topological polar surface area (TPSA) is 38.8 Å². The number of ether oxygens (including phenoxy) is 2. The summed E-state index contributed by atoms with van der Waals surface area (Å²) in [6.07, 6.45) is 9.54. The Kier molecular flexibility index (Phi) is 5.55. The van der Waals surface area contributed by atoms with Gasteiger partial charge in [-0.25, -0.2) is 0 Å². The predicted molar refractivity (Wildman–Crippen MR) is 94.6 cm³/mol. The fourth-order valence-corrected chi connectivity index (χ4v) is 5.32. The van der Waals surface area contributed by atoms with E-state index in [1.54, 1.807) is 0 Å². The Balaban J connectivity index is 1.60. The average molecular weight is 339 g/mol. The molecule has 0 aromatic rings. The van der Waals surface area contributed by atoms with Gasteiger partial charge in [0.2, 0.25) is 0 Å². The van der Waals surface area contributed by atoms with Gasteiger partial charge in [-0.1, -0.05) is 40.0 Å². The lowest BCUT2D eigenvalue weighted by Gasteiger charge is -2.48. The van der Waals surface area contributed by atoms with Gasteiger partial charge in [0.25, 0.3) is 0 Å². The van der Waals surface area contributed by atoms with Crippen molar-refractivity contribution in [2.45, 2.75) is 103 Å². The van der Waals surface area contributed by atoms with Gasteiger partial charge in [-0.2, -0.15) is 0 Å². The van der Waals surface area contributed by atoms with Crippen molar-refractivity contribution in [1.29, 1.82) is 0 Å². The minimum Gasteiger partial charge on any atom is -0.462 e. The van der Waals surface area contributed by atoms with Gasteiger partial charge in [-0.3, -0.25) is 4.79 Å². The summed E-state index contributed by atoms with van der Waals surface area (Å²) < 4.78 is 13.1. The number of fused-ring (bicyclic) bond motifs is 5. The number of quaternary nitrogens is 1. The maximum atomic E-state index is 12.6. The smallest absolute Gasteiger partial charge is 0.309 e. The van der Waals surface area contributed by atoms with Crippen LogP contribution in [0.1, 0.15) is 72.1 Å². The van der Waals surface area contributed by atoms with E-state index in [2.05, 4.69) is 27.8 Å². The van der Waals surface area contributed by atoms with E-state index in [-0.39, 0.29) is 18.0 Å². The summed E-state index contributed by atoms with van der Waals surface area (Å²) in [5.41, 5.74) is 0. The van der Waals surface area contributed by atoms with Crippen LogP contribution in [0, 0.1) is 5.92 Å². The van der Waals surface area contributed by atoms with E-state index >= 15 is 0 Å². The fourth-order valence-electron chi connectivity index (χ4n) is 5.32. The first-order chi connectivity index (χ1) is 11.5. The van der Waals surface area contributed by atoms with E-state index in [1.807, 2.05) is 0 Å². The van der Waals surface area contributed by atoms with Gasteiger partial charge in [0.15, 0.2) is 0 Å². The lowest BCUT2D eigenvalue weighted by molar-refractivity contribution is -0.956. The van der Waals surface area contributed by atoms with E-state index in [9.17, 15) is 4.79 Å². The van der Waals surface area contributed by atoms with Crippen LogP contribution >= 0.6 is 0 Å². The SMILES string of the molecule is CCCC[N+]1(C)[C@H]2CC(OC(=O)C(CCC)CCC)C[C@H]1[C@H]1O[C@H]12. The molecule has 3 aliphatic rings. The minimum atomic E-state index is 0.0577. The zero-order valence-corrected chi connectivity index (χ0v) is 16.0. The van der Waals surface area contributed by atoms with Gasteiger partial charge < -0.3 is 14.0 Å². The number of carbonyl (C=O) groups is 1. The molecule has 0 aromatic heterocycles. The highest BCUT2D eigenvalue weighted by atomic mass is 16.6. The first-order valence-corrected chi connectivity index (χ1v) is 10.3. The van der Waals surface area contributed by atoms with Crippen molar-refractivity contribution in [3.63, 3.8) is 0 Å². The van der Waals surface area contributed by atoms with Crippen LogP contribution in [0.25, 0.3) is 0 Å². The maximum Gasteiger partial charge on any atom is 0.309 e. The highest BCUT2D eigenvalue weighted by Gasteiger charge is 2.71. The van der Waals surface area contributed by atoms with Crippen molar-refractivity contribution in [3.8, 4) is 0 Å². The minimum absolute atomic E-state index is 0.0577. The molecular weight excluding hydrogens is 302 g/mol. The number of epoxide rings is 1. The third-order valence-corrected chi connectivity index (χ3v) is 6.73. The van der Waals surface area contributed by atoms with E-state index < -0.39 is 0 Å². The van der Waals surface area contributed by atoms with E-state index in [4.69, 9.17) is 9.47 Å². The third kappa shape index (κ3) is 3.24. The van der Waals surface area contributed by atoms with Crippen LogP contribution in [-0.2, 0) is 14.3 Å². The van der Waals surface area contributed by atoms with Gasteiger partial charge in [0.05, 0.1) is 19.5 Å². The highest BCUT2D eigenvalue weighted by molar-refractivity contribution is 5.72. The fraction of sp³-hybridized carbons (Fsp3) is 0.950. The molecule has 138 valence electrons. The average Bonchev–Trinajstić information content (AvgIpc) is 3.31. The second-order valence-electron chi connectivity index (χ2n) is 8.43. The van der Waals surface area contributed by atoms with Crippen LogP contribution < -0.4 is 0 Å². The summed E-state index contributed by atoms with van der Waals surface area (Å²) >= 11 is 0. The molecule has 0 spiro atoms. The molecule has 0 aliphatic carbocycles. The molecule has 0 amide bonds. The Morgan fingerprint density at radius 2 is 1.67 bits per heavy atom. The summed E-state index contributed by atoms with van der Waals surface area (Å²) in [6.45, 7) is 7.81. The number of unbranched alkanes of at least 4 members (excludes halogenated alkanes) is 1. The summed E-state index contributed by atoms with van der Waals surface area (Å²) in [7, 11) is 2.41. The number of nitrogens with zero attached hydrogens (tertiary/aromatic N) is 1. The number of morpholine rings is 1. The molecule has 0 aromatic carbocycles. The molecule has 2 bridgehead atoms. The molecule has 0 N–H and O–H groups in total. The molecule has 4 nitrogen and oxygen atoms in total. The Labute approximate surface area is 147 Å². The zero-order chi connectivity index (χ0) is 17.3. The first-order valence-electron chi connectivity index (χ1n) is 10.3. The molecular formula is C20H36NO3+. The van der Waals surface area contributed by atoms with E-state index in [0.29, 0.717) is 24.3 Å². The standard InChI is InChI=1S/C20H36NO3/c1-5-8-11-21(4)16-12-15(13-17(21)19-18(16)24-19)23-20(22)14(9-6-2)10-7-3/h14-19H,5-13H2,1-4H3/q+1/t15?,16-,17-,18-,19+,21?/m0/s1. The number of esters is 1. The second kappa shape index (κ2) is 7.33. The number of carbonyl (C=O) groups excluding carboxylic acids is 1. The van der Waals surface area contributed by atoms with Crippen molar-refractivity contribution < 1.29 is 18.8 Å². The Hall–Kier alpha value is -0.610. The molecule has 24 heavy (non-hydrogen) atoms. The maximum absolute atomic E-state index is 12.6. The monoisotopic (exact) mass is 338 g/mol. The van der Waals surface area contributed by atoms with E-state index in [1.165, 1.54) is 19.4 Å². The first kappa shape index (κ1) is 18.2. The lowest BCUT2D eigenvalue weighted by Crippen LogP contribution is -2.62. The molecule has 4 heteroatoms. The van der Waals surface area contributed by atoms with Gasteiger partial charge in [-0.05, 0) is 19.3 Å². The van der Waals surface area contributed by atoms with Gasteiger partial charge in [0.1, 0.15) is 30.4 Å². The number of likely N-dealkylation sites (N-methyl/N-ethyl adjacent to an activating group) is 1. The molecule has 3 aliphatic heterocycles. The van der Waals surface area contributed by atoms with Crippen LogP contribution in [0.4, 0.5) is 0 Å². The summed E-state index contributed by atoms with van der Waals surface area (Å²) in [5, 5.41) is 0. The second-order valence-corrected chi connectivity index (χ2v) is 8.43. The Morgan fingerprint density at radius 3 is 2.17 bits per heavy atom. The van der Waals surface area contributed by atoms with Crippen LogP contribution in [0.15, 0.2) is 0 Å². The normalized spacial score (nSPS) is 39.8. The zero-order valence-electron chi connectivity index (χ0n) is 16.0. The molecule has 3 heterocycles. The number of hydrogen-bond donors (Lipinski definition) is 0. The summed E-state index contributed by atoms with van der Waals surface area (Å²) in [5.74, 6) is 0.161. The largest absolute Gasteiger partial charge is 0.462 e.